The number of anilines is 2. The third-order valence-corrected chi connectivity index (χ3v) is 3.78. The van der Waals surface area contributed by atoms with Gasteiger partial charge >= 0.3 is 5.97 Å². The molecule has 0 spiro atoms. The van der Waals surface area contributed by atoms with E-state index in [1.807, 2.05) is 0 Å². The minimum atomic E-state index is -1.10. The normalized spacial score (nSPS) is 10.5. The molecule has 9 nitrogen and oxygen atoms in total. The van der Waals surface area contributed by atoms with Gasteiger partial charge in [-0.15, -0.1) is 0 Å². The molecule has 3 rings (SSSR count). The molecule has 0 heterocycles. The molecular weight excluding hydrogens is 342 g/mol. The monoisotopic (exact) mass is 353 g/mol. The van der Waals surface area contributed by atoms with Gasteiger partial charge in [0.15, 0.2) is 0 Å². The molecule has 0 amide bonds. The van der Waals surface area contributed by atoms with E-state index < -0.39 is 15.8 Å². The maximum absolute atomic E-state index is 11.3. The van der Waals surface area contributed by atoms with Gasteiger partial charge in [0, 0.05) is 28.9 Å². The molecule has 0 unspecified atom stereocenters. The lowest BCUT2D eigenvalue weighted by Crippen LogP contribution is -2.00. The molecule has 2 N–H and O–H groups in total. The Balaban J connectivity index is 2.19. The summed E-state index contributed by atoms with van der Waals surface area (Å²) in [5, 5.41) is 34.8. The summed E-state index contributed by atoms with van der Waals surface area (Å²) in [6.07, 6.45) is 0. The number of hydrogen-bond acceptors (Lipinski definition) is 6. The highest BCUT2D eigenvalue weighted by molar-refractivity contribution is 6.06. The van der Waals surface area contributed by atoms with Crippen molar-refractivity contribution in [2.24, 2.45) is 0 Å². The van der Waals surface area contributed by atoms with Gasteiger partial charge in [-0.2, -0.15) is 0 Å². The van der Waals surface area contributed by atoms with E-state index in [2.05, 4.69) is 5.32 Å². The van der Waals surface area contributed by atoms with Gasteiger partial charge in [-0.25, -0.2) is 4.79 Å². The molecule has 0 aliphatic carbocycles. The van der Waals surface area contributed by atoms with Crippen LogP contribution in [0.25, 0.3) is 10.8 Å². The summed E-state index contributed by atoms with van der Waals surface area (Å²) >= 11 is 0. The number of aromatic carboxylic acids is 1. The van der Waals surface area contributed by atoms with E-state index in [-0.39, 0.29) is 27.7 Å². The van der Waals surface area contributed by atoms with Crippen LogP contribution in [0.15, 0.2) is 54.6 Å². The number of nitro benzene ring substituents is 2. The summed E-state index contributed by atoms with van der Waals surface area (Å²) in [5.41, 5.74) is 0.130. The molecule has 3 aromatic rings. The maximum atomic E-state index is 11.3. The third-order valence-electron chi connectivity index (χ3n) is 3.78. The number of nitrogens with one attached hydrogen (secondary N) is 1. The van der Waals surface area contributed by atoms with E-state index in [4.69, 9.17) is 5.11 Å². The number of benzene rings is 3. The maximum Gasteiger partial charge on any atom is 0.335 e. The van der Waals surface area contributed by atoms with Crippen LogP contribution in [0, 0.1) is 20.2 Å². The average Bonchev–Trinajstić information content (AvgIpc) is 2.61. The summed E-state index contributed by atoms with van der Waals surface area (Å²) in [6, 6.07) is 12.8. The van der Waals surface area contributed by atoms with Crippen molar-refractivity contribution in [1.82, 2.24) is 0 Å². The van der Waals surface area contributed by atoms with E-state index in [9.17, 15) is 25.0 Å². The Morgan fingerprint density at radius 2 is 1.58 bits per heavy atom. The Labute approximate surface area is 145 Å². The number of nitro groups is 2. The quantitative estimate of drug-likeness (QED) is 0.520. The minimum Gasteiger partial charge on any atom is -0.478 e. The second-order valence-corrected chi connectivity index (χ2v) is 5.36. The molecule has 0 aliphatic heterocycles. The third kappa shape index (κ3) is 3.00. The fraction of sp³-hybridized carbons (Fsp3) is 0. The van der Waals surface area contributed by atoms with Gasteiger partial charge in [-0.3, -0.25) is 20.2 Å². The smallest absolute Gasteiger partial charge is 0.335 e. The SMILES string of the molecule is O=C(O)c1cccc(Nc2ccc([N+](=O)[O-])c3c([N+](=O)[O-])cccc23)c1. The second-order valence-electron chi connectivity index (χ2n) is 5.36. The number of fused-ring (bicyclic) bond motifs is 1. The molecule has 0 aliphatic rings. The lowest BCUT2D eigenvalue weighted by Gasteiger charge is -2.11. The van der Waals surface area contributed by atoms with Crippen LogP contribution in [0.4, 0.5) is 22.7 Å². The molecule has 0 saturated heterocycles. The van der Waals surface area contributed by atoms with Gasteiger partial charge in [-0.05, 0) is 24.3 Å². The topological polar surface area (TPSA) is 136 Å². The zero-order valence-corrected chi connectivity index (χ0v) is 13.1. The van der Waals surface area contributed by atoms with E-state index in [0.717, 1.165) is 0 Å². The molecule has 0 aromatic heterocycles. The summed E-state index contributed by atoms with van der Waals surface area (Å²) < 4.78 is 0. The number of hydrogen-bond donors (Lipinski definition) is 2. The van der Waals surface area contributed by atoms with Gasteiger partial charge in [0.2, 0.25) is 0 Å². The molecule has 26 heavy (non-hydrogen) atoms. The predicted molar refractivity (Wildman–Crippen MR) is 93.9 cm³/mol. The van der Waals surface area contributed by atoms with Gasteiger partial charge in [0.1, 0.15) is 5.39 Å². The number of nitrogens with zero attached hydrogens (tertiary/aromatic N) is 2. The Morgan fingerprint density at radius 1 is 0.923 bits per heavy atom. The number of rotatable bonds is 5. The first kappa shape index (κ1) is 16.8. The average molecular weight is 353 g/mol. The first-order chi connectivity index (χ1) is 12.4. The highest BCUT2D eigenvalue weighted by Crippen LogP contribution is 2.38. The standard InChI is InChI=1S/C17H11N3O6/c21-17(22)10-3-1-4-11(9-10)18-13-7-8-15(20(25)26)16-12(13)5-2-6-14(16)19(23)24/h1-9,18H,(H,21,22). The number of carboxylic acid groups (broad SMARTS) is 1. The van der Waals surface area contributed by atoms with Crippen LogP contribution in [0.5, 0.6) is 0 Å². The Kier molecular flexibility index (Phi) is 4.19. The number of carbonyl (C=O) groups is 1. The van der Waals surface area contributed by atoms with E-state index >= 15 is 0 Å². The van der Waals surface area contributed by atoms with Crippen molar-refractivity contribution in [1.29, 1.82) is 0 Å². The molecule has 9 heteroatoms. The molecule has 0 fully saturated rings. The van der Waals surface area contributed by atoms with Crippen LogP contribution < -0.4 is 5.32 Å². The summed E-state index contributed by atoms with van der Waals surface area (Å²) in [7, 11) is 0. The lowest BCUT2D eigenvalue weighted by atomic mass is 10.0. The van der Waals surface area contributed by atoms with Crippen molar-refractivity contribution in [2.75, 3.05) is 5.32 Å². The van der Waals surface area contributed by atoms with Crippen LogP contribution in [0.1, 0.15) is 10.4 Å². The van der Waals surface area contributed by atoms with E-state index in [1.165, 1.54) is 42.5 Å². The molecule has 0 bridgehead atoms. The van der Waals surface area contributed by atoms with Crippen molar-refractivity contribution in [3.63, 3.8) is 0 Å². The molecular formula is C17H11N3O6. The first-order valence-corrected chi connectivity index (χ1v) is 7.33. The predicted octanol–water partition coefficient (Wildman–Crippen LogP) is 4.10. The fourth-order valence-corrected chi connectivity index (χ4v) is 2.67. The highest BCUT2D eigenvalue weighted by atomic mass is 16.6. The molecule has 0 saturated carbocycles. The number of non-ortho nitro benzene ring substituents is 2. The van der Waals surface area contributed by atoms with E-state index in [1.54, 1.807) is 12.1 Å². The molecule has 0 radical (unpaired) electrons. The lowest BCUT2D eigenvalue weighted by molar-refractivity contribution is -0.390. The van der Waals surface area contributed by atoms with Gasteiger partial charge < -0.3 is 10.4 Å². The van der Waals surface area contributed by atoms with Crippen molar-refractivity contribution >= 4 is 39.5 Å². The van der Waals surface area contributed by atoms with Crippen molar-refractivity contribution in [3.05, 3.63) is 80.4 Å². The van der Waals surface area contributed by atoms with Crippen molar-refractivity contribution in [2.45, 2.75) is 0 Å². The zero-order chi connectivity index (χ0) is 18.8. The number of carboxylic acids is 1. The van der Waals surface area contributed by atoms with Crippen LogP contribution in [0.3, 0.4) is 0 Å². The Hall–Kier alpha value is -4.01. The summed E-state index contributed by atoms with van der Waals surface area (Å²) in [6.45, 7) is 0. The van der Waals surface area contributed by atoms with Crippen LogP contribution in [-0.4, -0.2) is 20.9 Å². The van der Waals surface area contributed by atoms with Crippen LogP contribution >= 0.6 is 0 Å². The molecule has 130 valence electrons. The Bertz CT molecular complexity index is 1040. The van der Waals surface area contributed by atoms with Crippen LogP contribution in [-0.2, 0) is 0 Å². The fourth-order valence-electron chi connectivity index (χ4n) is 2.67. The first-order valence-electron chi connectivity index (χ1n) is 7.33. The largest absolute Gasteiger partial charge is 0.478 e. The van der Waals surface area contributed by atoms with Crippen molar-refractivity contribution < 1.29 is 19.7 Å². The minimum absolute atomic E-state index is 0.0622. The van der Waals surface area contributed by atoms with E-state index in [0.29, 0.717) is 11.4 Å². The van der Waals surface area contributed by atoms with Gasteiger partial charge in [-0.1, -0.05) is 18.2 Å². The van der Waals surface area contributed by atoms with Gasteiger partial charge in [0.05, 0.1) is 15.4 Å². The molecule has 0 atom stereocenters. The molecule has 3 aromatic carbocycles. The van der Waals surface area contributed by atoms with Gasteiger partial charge in [0.25, 0.3) is 11.4 Å². The Morgan fingerprint density at radius 3 is 2.23 bits per heavy atom. The van der Waals surface area contributed by atoms with Crippen LogP contribution in [0.2, 0.25) is 0 Å². The second kappa shape index (κ2) is 6.48. The summed E-state index contributed by atoms with van der Waals surface area (Å²) in [5.74, 6) is -1.10. The highest BCUT2D eigenvalue weighted by Gasteiger charge is 2.23. The summed E-state index contributed by atoms with van der Waals surface area (Å²) in [4.78, 5) is 32.3. The zero-order valence-electron chi connectivity index (χ0n) is 13.1. The van der Waals surface area contributed by atoms with Crippen molar-refractivity contribution in [3.8, 4) is 0 Å².